The van der Waals surface area contributed by atoms with Crippen LogP contribution in [0.25, 0.3) is 0 Å². The lowest BCUT2D eigenvalue weighted by Gasteiger charge is -2.43. The quantitative estimate of drug-likeness (QED) is 0.195. The maximum atomic E-state index is 13.3. The van der Waals surface area contributed by atoms with Gasteiger partial charge in [-0.15, -0.1) is 0 Å². The SMILES string of the molecule is CC(=O)CN[C@@H](C(=O)N1CC[C@H]1C(=O)NCc1ccc(/C(N)=N/O)cc1)C1CCCCC1. The van der Waals surface area contributed by atoms with E-state index < -0.39 is 12.1 Å². The average Bonchev–Trinajstić information content (AvgIpc) is 2.77. The minimum atomic E-state index is -0.482. The second-order valence-electron chi connectivity index (χ2n) is 8.69. The van der Waals surface area contributed by atoms with E-state index in [0.717, 1.165) is 31.2 Å². The normalized spacial score (nSPS) is 20.3. The standard InChI is InChI=1S/C23H33N5O4/c1-15(29)13-25-20(17-5-3-2-4-6-17)23(31)28-12-11-19(28)22(30)26-14-16-7-9-18(10-8-16)21(24)27-32/h7-10,17,19-20,25,32H,2-6,11-14H2,1H3,(H2,24,27)(H,26,30)/t19-,20+/m0/s1. The lowest BCUT2D eigenvalue weighted by Crippen LogP contribution is -2.63. The number of benzene rings is 1. The number of hydrogen-bond acceptors (Lipinski definition) is 6. The van der Waals surface area contributed by atoms with Gasteiger partial charge < -0.3 is 21.2 Å². The fourth-order valence-corrected chi connectivity index (χ4v) is 4.44. The molecule has 5 N–H and O–H groups in total. The van der Waals surface area contributed by atoms with Crippen LogP contribution in [0, 0.1) is 5.92 Å². The zero-order valence-electron chi connectivity index (χ0n) is 18.5. The number of likely N-dealkylation sites (tertiary alicyclic amines) is 1. The Bertz CT molecular complexity index is 848. The van der Waals surface area contributed by atoms with Crippen LogP contribution in [0.3, 0.4) is 0 Å². The Morgan fingerprint density at radius 2 is 1.84 bits per heavy atom. The van der Waals surface area contributed by atoms with Crippen LogP contribution in [0.2, 0.25) is 0 Å². The average molecular weight is 444 g/mol. The molecule has 1 saturated carbocycles. The van der Waals surface area contributed by atoms with Crippen molar-refractivity contribution in [1.29, 1.82) is 0 Å². The van der Waals surface area contributed by atoms with Crippen LogP contribution >= 0.6 is 0 Å². The summed E-state index contributed by atoms with van der Waals surface area (Å²) in [4.78, 5) is 39.2. The van der Waals surface area contributed by atoms with Gasteiger partial charge in [-0.25, -0.2) is 0 Å². The zero-order valence-corrected chi connectivity index (χ0v) is 18.5. The minimum Gasteiger partial charge on any atom is -0.409 e. The fraction of sp³-hybridized carbons (Fsp3) is 0.565. The molecule has 0 bridgehead atoms. The van der Waals surface area contributed by atoms with Crippen LogP contribution in [0.4, 0.5) is 0 Å². The summed E-state index contributed by atoms with van der Waals surface area (Å²) in [5, 5.41) is 17.8. The first kappa shape index (κ1) is 23.7. The summed E-state index contributed by atoms with van der Waals surface area (Å²) in [6.45, 7) is 2.55. The highest BCUT2D eigenvalue weighted by Crippen LogP contribution is 2.29. The molecule has 0 aromatic heterocycles. The molecule has 32 heavy (non-hydrogen) atoms. The maximum Gasteiger partial charge on any atom is 0.243 e. The molecule has 2 fully saturated rings. The lowest BCUT2D eigenvalue weighted by atomic mass is 9.82. The molecule has 9 nitrogen and oxygen atoms in total. The third-order valence-electron chi connectivity index (χ3n) is 6.39. The summed E-state index contributed by atoms with van der Waals surface area (Å²) >= 11 is 0. The van der Waals surface area contributed by atoms with E-state index in [0.29, 0.717) is 25.1 Å². The predicted molar refractivity (Wildman–Crippen MR) is 120 cm³/mol. The smallest absolute Gasteiger partial charge is 0.243 e. The first-order valence-electron chi connectivity index (χ1n) is 11.3. The highest BCUT2D eigenvalue weighted by molar-refractivity contribution is 5.97. The Morgan fingerprint density at radius 1 is 1.16 bits per heavy atom. The van der Waals surface area contributed by atoms with Gasteiger partial charge in [0, 0.05) is 18.7 Å². The number of Topliss-reactive ketones (excluding diaryl/α,β-unsaturated/α-hetero) is 1. The Hall–Kier alpha value is -2.94. The Morgan fingerprint density at radius 3 is 2.41 bits per heavy atom. The number of hydrogen-bond donors (Lipinski definition) is 4. The van der Waals surface area contributed by atoms with Gasteiger partial charge in [-0.1, -0.05) is 48.7 Å². The molecular formula is C23H33N5O4. The maximum absolute atomic E-state index is 13.3. The first-order chi connectivity index (χ1) is 15.4. The van der Waals surface area contributed by atoms with Gasteiger partial charge in [-0.05, 0) is 37.7 Å². The van der Waals surface area contributed by atoms with Crippen molar-refractivity contribution < 1.29 is 19.6 Å². The van der Waals surface area contributed by atoms with Crippen molar-refractivity contribution in [3.63, 3.8) is 0 Å². The van der Waals surface area contributed by atoms with Gasteiger partial charge in [0.2, 0.25) is 11.8 Å². The van der Waals surface area contributed by atoms with Crippen LogP contribution in [0.5, 0.6) is 0 Å². The first-order valence-corrected chi connectivity index (χ1v) is 11.3. The predicted octanol–water partition coefficient (Wildman–Crippen LogP) is 1.13. The van der Waals surface area contributed by atoms with E-state index in [2.05, 4.69) is 15.8 Å². The van der Waals surface area contributed by atoms with Gasteiger partial charge in [-0.2, -0.15) is 0 Å². The number of ketones is 1. The van der Waals surface area contributed by atoms with Crippen LogP contribution in [-0.2, 0) is 20.9 Å². The molecule has 1 saturated heterocycles. The molecule has 174 valence electrons. The number of carbonyl (C=O) groups is 3. The second kappa shape index (κ2) is 11.1. The molecule has 0 unspecified atom stereocenters. The van der Waals surface area contributed by atoms with Crippen molar-refractivity contribution in [3.05, 3.63) is 35.4 Å². The van der Waals surface area contributed by atoms with E-state index in [1.54, 1.807) is 29.2 Å². The summed E-state index contributed by atoms with van der Waals surface area (Å²) in [6.07, 6.45) is 5.92. The molecule has 0 radical (unpaired) electrons. The van der Waals surface area contributed by atoms with E-state index in [1.807, 2.05) is 0 Å². The van der Waals surface area contributed by atoms with Gasteiger partial charge >= 0.3 is 0 Å². The van der Waals surface area contributed by atoms with Gasteiger partial charge in [0.1, 0.15) is 11.8 Å². The summed E-state index contributed by atoms with van der Waals surface area (Å²) < 4.78 is 0. The number of amides is 2. The van der Waals surface area contributed by atoms with E-state index in [-0.39, 0.29) is 35.9 Å². The van der Waals surface area contributed by atoms with E-state index >= 15 is 0 Å². The molecule has 9 heteroatoms. The van der Waals surface area contributed by atoms with Crippen molar-refractivity contribution in [3.8, 4) is 0 Å². The number of carbonyl (C=O) groups excluding carboxylic acids is 3. The molecule has 1 aliphatic carbocycles. The topological polar surface area (TPSA) is 137 Å². The number of oxime groups is 1. The van der Waals surface area contributed by atoms with E-state index in [9.17, 15) is 14.4 Å². The summed E-state index contributed by atoms with van der Waals surface area (Å²) in [5.41, 5.74) is 7.02. The highest BCUT2D eigenvalue weighted by atomic mass is 16.4. The van der Waals surface area contributed by atoms with Gasteiger partial charge in [0.05, 0.1) is 12.6 Å². The molecule has 0 spiro atoms. The van der Waals surface area contributed by atoms with Crippen molar-refractivity contribution in [2.75, 3.05) is 13.1 Å². The van der Waals surface area contributed by atoms with E-state index in [1.165, 1.54) is 13.3 Å². The number of nitrogens with two attached hydrogens (primary N) is 1. The van der Waals surface area contributed by atoms with Crippen molar-refractivity contribution in [2.45, 2.75) is 64.1 Å². The molecule has 3 rings (SSSR count). The largest absolute Gasteiger partial charge is 0.409 e. The van der Waals surface area contributed by atoms with Crippen LogP contribution in [-0.4, -0.2) is 58.7 Å². The summed E-state index contributed by atoms with van der Waals surface area (Å²) in [6, 6.07) is 6.12. The van der Waals surface area contributed by atoms with Crippen molar-refractivity contribution in [1.82, 2.24) is 15.5 Å². The number of nitrogens with zero attached hydrogens (tertiary/aromatic N) is 2. The Labute approximate surface area is 188 Å². The number of amidine groups is 1. The molecule has 2 amide bonds. The third-order valence-corrected chi connectivity index (χ3v) is 6.39. The van der Waals surface area contributed by atoms with Crippen molar-refractivity contribution >= 4 is 23.4 Å². The van der Waals surface area contributed by atoms with Crippen LogP contribution in [0.15, 0.2) is 29.4 Å². The van der Waals surface area contributed by atoms with Crippen LogP contribution < -0.4 is 16.4 Å². The molecule has 1 aliphatic heterocycles. The highest BCUT2D eigenvalue weighted by Gasteiger charge is 2.42. The number of rotatable bonds is 9. The molecule has 2 aliphatic rings. The molecule has 1 heterocycles. The Kier molecular flexibility index (Phi) is 8.21. The molecule has 1 aromatic carbocycles. The molecule has 1 aromatic rings. The Balaban J connectivity index is 1.58. The summed E-state index contributed by atoms with van der Waals surface area (Å²) in [5.74, 6) is -0.0373. The van der Waals surface area contributed by atoms with Gasteiger partial charge in [0.15, 0.2) is 5.84 Å². The minimum absolute atomic E-state index is 0.00505. The second-order valence-corrected chi connectivity index (χ2v) is 8.69. The van der Waals surface area contributed by atoms with Crippen LogP contribution in [0.1, 0.15) is 56.6 Å². The van der Waals surface area contributed by atoms with Crippen molar-refractivity contribution in [2.24, 2.45) is 16.8 Å². The monoisotopic (exact) mass is 443 g/mol. The van der Waals surface area contributed by atoms with Gasteiger partial charge in [0.25, 0.3) is 0 Å². The van der Waals surface area contributed by atoms with E-state index in [4.69, 9.17) is 10.9 Å². The fourth-order valence-electron chi connectivity index (χ4n) is 4.44. The number of nitrogens with one attached hydrogen (secondary N) is 2. The molecular weight excluding hydrogens is 410 g/mol. The third kappa shape index (κ3) is 5.85. The lowest BCUT2D eigenvalue weighted by molar-refractivity contribution is -0.150. The van der Waals surface area contributed by atoms with Gasteiger partial charge in [-0.3, -0.25) is 19.7 Å². The zero-order chi connectivity index (χ0) is 23.1. The molecule has 2 atom stereocenters. The summed E-state index contributed by atoms with van der Waals surface area (Å²) in [7, 11) is 0.